The minimum atomic E-state index is 0.225. The van der Waals surface area contributed by atoms with Crippen LogP contribution in [0.15, 0.2) is 12.4 Å². The highest BCUT2D eigenvalue weighted by molar-refractivity contribution is 5.46. The van der Waals surface area contributed by atoms with Crippen LogP contribution in [0.25, 0.3) is 0 Å². The molecule has 1 aliphatic carbocycles. The number of nitrogens with one attached hydrogen (secondary N) is 2. The van der Waals surface area contributed by atoms with Crippen LogP contribution in [-0.4, -0.2) is 29.1 Å². The molecule has 0 saturated heterocycles. The number of nitrogens with zero attached hydrogens (tertiary/aromatic N) is 2. The molecular weight excluding hydrogens is 226 g/mol. The Morgan fingerprint density at radius 2 is 2.06 bits per heavy atom. The molecule has 5 nitrogen and oxygen atoms in total. The van der Waals surface area contributed by atoms with Gasteiger partial charge in [-0.3, -0.25) is 0 Å². The first kappa shape index (κ1) is 13.1. The van der Waals surface area contributed by atoms with E-state index in [1.54, 1.807) is 6.33 Å². The zero-order valence-corrected chi connectivity index (χ0v) is 11.0. The van der Waals surface area contributed by atoms with Crippen molar-refractivity contribution in [2.45, 2.75) is 38.6 Å². The predicted octanol–water partition coefficient (Wildman–Crippen LogP) is 1.84. The lowest BCUT2D eigenvalue weighted by Crippen LogP contribution is -2.25. The highest BCUT2D eigenvalue weighted by Crippen LogP contribution is 2.24. The van der Waals surface area contributed by atoms with Crippen molar-refractivity contribution < 1.29 is 0 Å². The average molecular weight is 249 g/mol. The molecule has 1 heterocycles. The molecule has 100 valence electrons. The molecule has 0 spiro atoms. The molecule has 0 bridgehead atoms. The normalized spacial score (nSPS) is 17.7. The summed E-state index contributed by atoms with van der Waals surface area (Å²) < 4.78 is 0. The molecule has 1 unspecified atom stereocenters. The summed E-state index contributed by atoms with van der Waals surface area (Å²) in [6.45, 7) is 3.64. The quantitative estimate of drug-likeness (QED) is 0.717. The lowest BCUT2D eigenvalue weighted by Gasteiger charge is -2.14. The van der Waals surface area contributed by atoms with Gasteiger partial charge >= 0.3 is 0 Å². The first-order chi connectivity index (χ1) is 8.78. The molecule has 0 radical (unpaired) electrons. The van der Waals surface area contributed by atoms with Crippen molar-refractivity contribution in [2.75, 3.05) is 23.7 Å². The molecule has 4 N–H and O–H groups in total. The van der Waals surface area contributed by atoms with Crippen molar-refractivity contribution in [3.05, 3.63) is 12.4 Å². The Morgan fingerprint density at radius 1 is 1.33 bits per heavy atom. The van der Waals surface area contributed by atoms with Crippen molar-refractivity contribution >= 4 is 11.6 Å². The van der Waals surface area contributed by atoms with E-state index in [1.165, 1.54) is 25.7 Å². The Morgan fingerprint density at radius 3 is 2.78 bits per heavy atom. The Kier molecular flexibility index (Phi) is 4.75. The van der Waals surface area contributed by atoms with Gasteiger partial charge in [0, 0.05) is 25.2 Å². The van der Waals surface area contributed by atoms with Crippen LogP contribution in [0.1, 0.15) is 32.6 Å². The number of hydrogen-bond donors (Lipinski definition) is 3. The fourth-order valence-corrected chi connectivity index (χ4v) is 2.31. The summed E-state index contributed by atoms with van der Waals surface area (Å²) in [5.74, 6) is 2.53. The summed E-state index contributed by atoms with van der Waals surface area (Å²) in [5, 5.41) is 6.64. The van der Waals surface area contributed by atoms with Crippen molar-refractivity contribution in [1.82, 2.24) is 9.97 Å². The second kappa shape index (κ2) is 6.54. The van der Waals surface area contributed by atoms with Gasteiger partial charge in [0.1, 0.15) is 18.0 Å². The zero-order valence-electron chi connectivity index (χ0n) is 11.0. The highest BCUT2D eigenvalue weighted by atomic mass is 15.1. The summed E-state index contributed by atoms with van der Waals surface area (Å²) >= 11 is 0. The van der Waals surface area contributed by atoms with E-state index in [-0.39, 0.29) is 6.04 Å². The molecule has 0 aliphatic heterocycles. The van der Waals surface area contributed by atoms with E-state index in [1.807, 2.05) is 13.0 Å². The molecule has 0 amide bonds. The highest BCUT2D eigenvalue weighted by Gasteiger charge is 2.14. The maximum Gasteiger partial charge on any atom is 0.131 e. The van der Waals surface area contributed by atoms with Gasteiger partial charge in [0.2, 0.25) is 0 Å². The second-order valence-corrected chi connectivity index (χ2v) is 5.10. The van der Waals surface area contributed by atoms with Crippen molar-refractivity contribution in [3.63, 3.8) is 0 Å². The van der Waals surface area contributed by atoms with Gasteiger partial charge in [0.05, 0.1) is 0 Å². The van der Waals surface area contributed by atoms with E-state index in [2.05, 4.69) is 20.6 Å². The Labute approximate surface area is 109 Å². The number of nitrogens with two attached hydrogens (primary N) is 1. The van der Waals surface area contributed by atoms with Gasteiger partial charge in [-0.1, -0.05) is 12.8 Å². The van der Waals surface area contributed by atoms with Crippen LogP contribution in [0.5, 0.6) is 0 Å². The van der Waals surface area contributed by atoms with Crippen LogP contribution in [0.3, 0.4) is 0 Å². The van der Waals surface area contributed by atoms with Crippen LogP contribution in [0, 0.1) is 5.92 Å². The molecule has 18 heavy (non-hydrogen) atoms. The maximum absolute atomic E-state index is 5.58. The summed E-state index contributed by atoms with van der Waals surface area (Å²) in [4.78, 5) is 8.43. The lowest BCUT2D eigenvalue weighted by molar-refractivity contribution is 0.579. The SMILES string of the molecule is CC(CN)Nc1cc(NCC2CCCC2)ncn1. The zero-order chi connectivity index (χ0) is 12.8. The van der Waals surface area contributed by atoms with Crippen molar-refractivity contribution in [2.24, 2.45) is 11.7 Å². The maximum atomic E-state index is 5.58. The van der Waals surface area contributed by atoms with Gasteiger partial charge in [-0.2, -0.15) is 0 Å². The predicted molar refractivity (Wildman–Crippen MR) is 74.6 cm³/mol. The van der Waals surface area contributed by atoms with Gasteiger partial charge in [-0.15, -0.1) is 0 Å². The number of anilines is 2. The van der Waals surface area contributed by atoms with Crippen LogP contribution in [0.4, 0.5) is 11.6 Å². The van der Waals surface area contributed by atoms with Gasteiger partial charge in [0.25, 0.3) is 0 Å². The van der Waals surface area contributed by atoms with E-state index in [0.717, 1.165) is 24.1 Å². The topological polar surface area (TPSA) is 75.9 Å². The Hall–Kier alpha value is -1.36. The number of rotatable bonds is 6. The Bertz CT molecular complexity index is 362. The number of hydrogen-bond acceptors (Lipinski definition) is 5. The summed E-state index contributed by atoms with van der Waals surface area (Å²) in [6.07, 6.45) is 7.01. The minimum absolute atomic E-state index is 0.225. The molecule has 5 heteroatoms. The summed E-state index contributed by atoms with van der Waals surface area (Å²) in [7, 11) is 0. The van der Waals surface area contributed by atoms with E-state index in [4.69, 9.17) is 5.73 Å². The van der Waals surface area contributed by atoms with E-state index < -0.39 is 0 Å². The van der Waals surface area contributed by atoms with E-state index in [9.17, 15) is 0 Å². The van der Waals surface area contributed by atoms with Crippen LogP contribution in [0.2, 0.25) is 0 Å². The third-order valence-corrected chi connectivity index (χ3v) is 3.46. The Balaban J connectivity index is 1.86. The fraction of sp³-hybridized carbons (Fsp3) is 0.692. The molecule has 1 atom stereocenters. The molecule has 1 saturated carbocycles. The molecular formula is C13H23N5. The first-order valence-electron chi connectivity index (χ1n) is 6.80. The van der Waals surface area contributed by atoms with Gasteiger partial charge in [-0.05, 0) is 25.7 Å². The van der Waals surface area contributed by atoms with Crippen LogP contribution < -0.4 is 16.4 Å². The molecule has 1 aliphatic rings. The van der Waals surface area contributed by atoms with Gasteiger partial charge < -0.3 is 16.4 Å². The average Bonchev–Trinajstić information content (AvgIpc) is 2.90. The van der Waals surface area contributed by atoms with Crippen LogP contribution in [-0.2, 0) is 0 Å². The van der Waals surface area contributed by atoms with E-state index in [0.29, 0.717) is 6.54 Å². The fourth-order valence-electron chi connectivity index (χ4n) is 2.31. The largest absolute Gasteiger partial charge is 0.370 e. The van der Waals surface area contributed by atoms with Crippen LogP contribution >= 0.6 is 0 Å². The summed E-state index contributed by atoms with van der Waals surface area (Å²) in [5.41, 5.74) is 5.58. The van der Waals surface area contributed by atoms with Gasteiger partial charge in [0.15, 0.2) is 0 Å². The molecule has 1 fully saturated rings. The minimum Gasteiger partial charge on any atom is -0.370 e. The third kappa shape index (κ3) is 3.84. The van der Waals surface area contributed by atoms with Crippen molar-refractivity contribution in [3.8, 4) is 0 Å². The molecule has 2 rings (SSSR count). The monoisotopic (exact) mass is 249 g/mol. The van der Waals surface area contributed by atoms with Crippen molar-refractivity contribution in [1.29, 1.82) is 0 Å². The third-order valence-electron chi connectivity index (χ3n) is 3.46. The second-order valence-electron chi connectivity index (χ2n) is 5.10. The first-order valence-corrected chi connectivity index (χ1v) is 6.80. The van der Waals surface area contributed by atoms with E-state index >= 15 is 0 Å². The number of aromatic nitrogens is 2. The smallest absolute Gasteiger partial charge is 0.131 e. The molecule has 1 aromatic rings. The molecule has 1 aromatic heterocycles. The summed E-state index contributed by atoms with van der Waals surface area (Å²) in [6, 6.07) is 2.17. The standard InChI is InChI=1S/C13H23N5/c1-10(7-14)18-13-6-12(16-9-17-13)15-8-11-4-2-3-5-11/h6,9-11H,2-5,7-8,14H2,1H3,(H2,15,16,17,18). The van der Waals surface area contributed by atoms with Gasteiger partial charge in [-0.25, -0.2) is 9.97 Å². The molecule has 0 aromatic carbocycles. The lowest BCUT2D eigenvalue weighted by atomic mass is 10.1.